The molecular formula is C76H82N3O18P. The molecule has 0 spiro atoms. The first kappa shape index (κ1) is 73.1. The zero-order chi connectivity index (χ0) is 69.4. The number of esters is 4. The summed E-state index contributed by atoms with van der Waals surface area (Å²) >= 11 is 0. The summed E-state index contributed by atoms with van der Waals surface area (Å²) in [5.41, 5.74) is 1.76. The average Bonchev–Trinajstić information content (AvgIpc) is 1.06. The van der Waals surface area contributed by atoms with Crippen LogP contribution in [0.3, 0.4) is 0 Å². The van der Waals surface area contributed by atoms with E-state index in [1.54, 1.807) is 87.0 Å². The van der Waals surface area contributed by atoms with Gasteiger partial charge in [-0.15, -0.1) is 0 Å². The third-order valence-corrected chi connectivity index (χ3v) is 18.6. The van der Waals surface area contributed by atoms with Gasteiger partial charge in [-0.3, -0.25) is 9.59 Å². The van der Waals surface area contributed by atoms with Crippen LogP contribution in [0, 0.1) is 23.2 Å². The normalized spacial score (nSPS) is 19.4. The second-order valence-corrected chi connectivity index (χ2v) is 25.3. The molecule has 2 aliphatic rings. The second kappa shape index (κ2) is 36.4. The van der Waals surface area contributed by atoms with Crippen LogP contribution in [-0.2, 0) is 62.1 Å². The summed E-state index contributed by atoms with van der Waals surface area (Å²) in [6.07, 6.45) is -7.98. The number of benzene rings is 7. The maximum absolute atomic E-state index is 14.8. The number of methoxy groups -OCH3 is 2. The van der Waals surface area contributed by atoms with E-state index in [4.69, 9.17) is 56.4 Å². The largest absolute Gasteiger partial charge is 0.497 e. The number of ketones is 1. The zero-order valence-corrected chi connectivity index (χ0v) is 56.5. The number of amides is 1. The minimum Gasteiger partial charge on any atom is -0.497 e. The first-order chi connectivity index (χ1) is 47.6. The monoisotopic (exact) mass is 1360 g/mol. The molecule has 1 saturated carbocycles. The van der Waals surface area contributed by atoms with E-state index in [0.29, 0.717) is 24.3 Å². The number of ether oxygens (including phenoxy) is 10. The third kappa shape index (κ3) is 19.3. The van der Waals surface area contributed by atoms with Gasteiger partial charge in [-0.1, -0.05) is 127 Å². The molecule has 1 aliphatic carbocycles. The van der Waals surface area contributed by atoms with Crippen molar-refractivity contribution in [2.45, 2.75) is 101 Å². The van der Waals surface area contributed by atoms with Crippen LogP contribution >= 0.6 is 8.53 Å². The maximum atomic E-state index is 14.8. The molecule has 1 N–H and O–H groups in total. The van der Waals surface area contributed by atoms with Crippen LogP contribution in [-0.4, -0.2) is 150 Å². The number of nitriles is 1. The second-order valence-electron chi connectivity index (χ2n) is 23.8. The molecule has 2 fully saturated rings. The van der Waals surface area contributed by atoms with Crippen molar-refractivity contribution >= 4 is 44.1 Å². The van der Waals surface area contributed by atoms with Crippen molar-refractivity contribution in [1.29, 1.82) is 5.26 Å². The summed E-state index contributed by atoms with van der Waals surface area (Å²) in [7, 11) is 1.54. The Labute approximate surface area is 572 Å². The van der Waals surface area contributed by atoms with Crippen molar-refractivity contribution in [2.24, 2.45) is 11.8 Å². The van der Waals surface area contributed by atoms with Gasteiger partial charge in [0.05, 0.1) is 74.9 Å². The van der Waals surface area contributed by atoms with E-state index in [2.05, 4.69) is 43.8 Å². The standard InChI is InChI=1S/C76H82N3O18P/c1-51(2)79(52(3)4)98(91-43-22-41-77)92-47-57-45-63(97-76(58-31-20-11-21-32-58,59-33-37-61(86-5)38-34-59)60-35-39-62(87-6)40-36-60)46-64(57)65(80)48-88-44-42-78-67(81)50-90-75-70(96-74(85)56-29-18-10-19-30-56)69(95-73(84)55-27-16-9-17-28-55)68(94-72(83)54-25-14-8-15-26-54)66(93-75)49-89-71(82)53-23-12-7-13-24-53/h7-21,23-40,51-52,57,63-64,66,68-70,75H,22,42-50H2,1-6H3,(H,78,81)/t57-,63+,64?,66?,68-,69-,70?,75+,98?/m0/s1. The predicted molar refractivity (Wildman–Crippen MR) is 362 cm³/mol. The number of carbonyl (C=O) groups excluding carboxylic acids is 6. The lowest BCUT2D eigenvalue weighted by atomic mass is 9.79. The first-order valence-corrected chi connectivity index (χ1v) is 33.6. The SMILES string of the molecule is COc1ccc(C(O[C@H]2CC(C(=O)COCCNC(=O)CO[C@@H]3OC(COC(=O)c4ccccc4)[C@H](OC(=O)c4ccccc4)[C@H](OC(=O)c4ccccc4)C3OC(=O)c3ccccc3)[C@H](COP(OCCC#N)N(C(C)C)C(C)C)C2)(c2ccccc2)c2ccc(OC)cc2)cc1. The number of carbonyl (C=O) groups is 6. The molecule has 1 aliphatic heterocycles. The van der Waals surface area contributed by atoms with Crippen LogP contribution in [0.5, 0.6) is 11.5 Å². The van der Waals surface area contributed by atoms with Crippen LogP contribution in [0.2, 0.25) is 0 Å². The Morgan fingerprint density at radius 1 is 0.561 bits per heavy atom. The van der Waals surface area contributed by atoms with Crippen molar-refractivity contribution in [1.82, 2.24) is 9.99 Å². The summed E-state index contributed by atoms with van der Waals surface area (Å²) in [6.45, 7) is 6.58. The van der Waals surface area contributed by atoms with E-state index in [1.807, 2.05) is 78.9 Å². The molecule has 514 valence electrons. The Balaban J connectivity index is 0.936. The van der Waals surface area contributed by atoms with Gasteiger partial charge >= 0.3 is 23.9 Å². The molecule has 1 amide bonds. The van der Waals surface area contributed by atoms with Crippen LogP contribution < -0.4 is 14.8 Å². The summed E-state index contributed by atoms with van der Waals surface area (Å²) in [4.78, 5) is 84.5. The average molecular weight is 1360 g/mol. The molecule has 21 nitrogen and oxygen atoms in total. The van der Waals surface area contributed by atoms with E-state index < -0.39 is 99.9 Å². The van der Waals surface area contributed by atoms with Gasteiger partial charge in [0, 0.05) is 24.5 Å². The molecule has 7 aromatic rings. The molecule has 0 bridgehead atoms. The third-order valence-electron chi connectivity index (χ3n) is 16.6. The fraction of sp³-hybridized carbons (Fsp3) is 0.355. The Morgan fingerprint density at radius 2 is 1.03 bits per heavy atom. The summed E-state index contributed by atoms with van der Waals surface area (Å²) in [5.74, 6) is -4.10. The highest BCUT2D eigenvalue weighted by Crippen LogP contribution is 2.50. The van der Waals surface area contributed by atoms with Gasteiger partial charge in [0.2, 0.25) is 5.91 Å². The Morgan fingerprint density at radius 3 is 1.52 bits per heavy atom. The van der Waals surface area contributed by atoms with Crippen molar-refractivity contribution < 1.29 is 85.2 Å². The van der Waals surface area contributed by atoms with E-state index in [9.17, 15) is 34.0 Å². The predicted octanol–water partition coefficient (Wildman–Crippen LogP) is 11.7. The van der Waals surface area contributed by atoms with Crippen LogP contribution in [0.15, 0.2) is 200 Å². The van der Waals surface area contributed by atoms with E-state index in [-0.39, 0.29) is 85.4 Å². The number of rotatable bonds is 34. The highest BCUT2D eigenvalue weighted by Gasteiger charge is 2.54. The van der Waals surface area contributed by atoms with E-state index in [1.165, 1.54) is 48.5 Å². The highest BCUT2D eigenvalue weighted by molar-refractivity contribution is 7.44. The number of hydrogen-bond donors (Lipinski definition) is 1. The van der Waals surface area contributed by atoms with Crippen LogP contribution in [0.4, 0.5) is 0 Å². The highest BCUT2D eigenvalue weighted by atomic mass is 31.2. The molecule has 7 aromatic carbocycles. The summed E-state index contributed by atoms with van der Waals surface area (Å²) in [5, 5.41) is 12.2. The molecule has 1 saturated heterocycles. The molecule has 4 unspecified atom stereocenters. The molecule has 22 heteroatoms. The molecular weight excluding hydrogens is 1270 g/mol. The smallest absolute Gasteiger partial charge is 0.338 e. The van der Waals surface area contributed by atoms with Gasteiger partial charge in [-0.25, -0.2) is 23.8 Å². The van der Waals surface area contributed by atoms with Crippen molar-refractivity contribution in [3.8, 4) is 17.6 Å². The lowest BCUT2D eigenvalue weighted by Gasteiger charge is -2.44. The van der Waals surface area contributed by atoms with Gasteiger partial charge in [0.25, 0.3) is 8.53 Å². The van der Waals surface area contributed by atoms with Gasteiger partial charge in [0.1, 0.15) is 43.0 Å². The van der Waals surface area contributed by atoms with Crippen LogP contribution in [0.1, 0.15) is 105 Å². The Bertz CT molecular complexity index is 3660. The van der Waals surface area contributed by atoms with Gasteiger partial charge in [-0.05, 0) is 136 Å². The van der Waals surface area contributed by atoms with E-state index in [0.717, 1.165) is 16.7 Å². The molecule has 98 heavy (non-hydrogen) atoms. The topological polar surface area (TPSA) is 252 Å². The summed E-state index contributed by atoms with van der Waals surface area (Å²) in [6, 6.07) is 59.4. The van der Waals surface area contributed by atoms with Gasteiger partial charge < -0.3 is 61.7 Å². The first-order valence-electron chi connectivity index (χ1n) is 32.5. The number of hydrogen-bond acceptors (Lipinski definition) is 20. The zero-order valence-electron chi connectivity index (χ0n) is 55.6. The molecule has 1 heterocycles. The number of nitrogens with one attached hydrogen (secondary N) is 1. The number of nitrogens with zero attached hydrogens (tertiary/aromatic N) is 2. The van der Waals surface area contributed by atoms with Crippen molar-refractivity contribution in [3.05, 3.63) is 239 Å². The van der Waals surface area contributed by atoms with Gasteiger partial charge in [-0.2, -0.15) is 5.26 Å². The minimum atomic E-state index is -1.75. The molecule has 0 aromatic heterocycles. The van der Waals surface area contributed by atoms with Crippen molar-refractivity contribution in [3.63, 3.8) is 0 Å². The Hall–Kier alpha value is -9.20. The fourth-order valence-electron chi connectivity index (χ4n) is 11.9. The van der Waals surface area contributed by atoms with E-state index >= 15 is 0 Å². The number of Topliss-reactive ketones (excluding diaryl/α,β-unsaturated/α-hetero) is 1. The molecule has 9 atom stereocenters. The Kier molecular flexibility index (Phi) is 27.1. The maximum Gasteiger partial charge on any atom is 0.338 e. The summed E-state index contributed by atoms with van der Waals surface area (Å²) < 4.78 is 76.8. The molecule has 9 rings (SSSR count). The van der Waals surface area contributed by atoms with Crippen LogP contribution in [0.25, 0.3) is 0 Å². The lowest BCUT2D eigenvalue weighted by Crippen LogP contribution is -2.63. The quantitative estimate of drug-likeness (QED) is 0.0129. The minimum absolute atomic E-state index is 0.0228. The van der Waals surface area contributed by atoms with Gasteiger partial charge in [0.15, 0.2) is 30.4 Å². The van der Waals surface area contributed by atoms with Crippen molar-refractivity contribution in [2.75, 3.05) is 60.4 Å². The molecule has 0 radical (unpaired) electrons. The fourth-order valence-corrected chi connectivity index (χ4v) is 13.6. The lowest BCUT2D eigenvalue weighted by molar-refractivity contribution is -0.296.